The van der Waals surface area contributed by atoms with E-state index >= 15 is 0 Å². The highest BCUT2D eigenvalue weighted by molar-refractivity contribution is 5.78. The molecule has 1 unspecified atom stereocenters. The molecule has 0 spiro atoms. The van der Waals surface area contributed by atoms with Crippen LogP contribution in [0.1, 0.15) is 30.0 Å². The number of nitrogens with zero attached hydrogens (tertiary/aromatic N) is 2. The molecule has 0 aliphatic carbocycles. The fraction of sp³-hybridized carbons (Fsp3) is 0.435. The summed E-state index contributed by atoms with van der Waals surface area (Å²) in [6.45, 7) is 1.78. The van der Waals surface area contributed by atoms with Gasteiger partial charge in [0.25, 0.3) is 0 Å². The van der Waals surface area contributed by atoms with E-state index in [1.807, 2.05) is 37.4 Å². The Labute approximate surface area is 173 Å². The van der Waals surface area contributed by atoms with Crippen LogP contribution in [0.2, 0.25) is 0 Å². The van der Waals surface area contributed by atoms with Crippen LogP contribution in [0.25, 0.3) is 0 Å². The van der Waals surface area contributed by atoms with Gasteiger partial charge in [-0.15, -0.1) is 0 Å². The molecule has 1 amide bonds. The first kappa shape index (κ1) is 21.0. The number of benzene rings is 2. The molecule has 1 fully saturated rings. The van der Waals surface area contributed by atoms with Crippen molar-refractivity contribution in [2.24, 2.45) is 0 Å². The molecule has 2 aromatic rings. The number of carbonyl (C=O) groups excluding carboxylic acids is 1. The average molecular weight is 399 g/mol. The molecule has 1 heterocycles. The van der Waals surface area contributed by atoms with Gasteiger partial charge in [-0.2, -0.15) is 0 Å². The van der Waals surface area contributed by atoms with Crippen LogP contribution >= 0.6 is 0 Å². The van der Waals surface area contributed by atoms with Gasteiger partial charge in [0.1, 0.15) is 5.75 Å². The molecule has 1 saturated heterocycles. The topological polar surface area (TPSA) is 51.2 Å². The van der Waals surface area contributed by atoms with Gasteiger partial charge in [0.2, 0.25) is 5.91 Å². The van der Waals surface area contributed by atoms with E-state index in [1.54, 1.807) is 26.2 Å². The predicted molar refractivity (Wildman–Crippen MR) is 113 cm³/mol. The van der Waals surface area contributed by atoms with Crippen LogP contribution in [0.3, 0.4) is 0 Å². The van der Waals surface area contributed by atoms with Gasteiger partial charge in [-0.1, -0.05) is 24.3 Å². The van der Waals surface area contributed by atoms with Gasteiger partial charge in [-0.25, -0.2) is 0 Å². The molecular formula is C23H30N2O4. The van der Waals surface area contributed by atoms with Crippen molar-refractivity contribution in [1.82, 2.24) is 9.80 Å². The average Bonchev–Trinajstić information content (AvgIpc) is 3.21. The number of ether oxygens (including phenoxy) is 3. The zero-order chi connectivity index (χ0) is 20.8. The molecule has 0 radical (unpaired) electrons. The van der Waals surface area contributed by atoms with E-state index in [0.29, 0.717) is 24.6 Å². The minimum atomic E-state index is 0.0877. The summed E-state index contributed by atoms with van der Waals surface area (Å²) in [5.74, 6) is 2.28. The molecule has 0 saturated carbocycles. The lowest BCUT2D eigenvalue weighted by molar-refractivity contribution is -0.131. The predicted octanol–water partition coefficient (Wildman–Crippen LogP) is 3.51. The van der Waals surface area contributed by atoms with Gasteiger partial charge in [0, 0.05) is 25.2 Å². The molecule has 0 aromatic heterocycles. The number of likely N-dealkylation sites (tertiary alicyclic amines) is 1. The summed E-state index contributed by atoms with van der Waals surface area (Å²) in [5.41, 5.74) is 2.13. The number of rotatable bonds is 8. The van der Waals surface area contributed by atoms with Gasteiger partial charge >= 0.3 is 0 Å². The van der Waals surface area contributed by atoms with Crippen LogP contribution < -0.4 is 14.2 Å². The van der Waals surface area contributed by atoms with Crippen molar-refractivity contribution in [3.63, 3.8) is 0 Å². The Bertz CT molecular complexity index is 839. The maximum atomic E-state index is 12.9. The fourth-order valence-electron chi connectivity index (χ4n) is 3.96. The smallest absolute Gasteiger partial charge is 0.236 e. The number of hydrogen-bond acceptors (Lipinski definition) is 5. The monoisotopic (exact) mass is 398 g/mol. The highest BCUT2D eigenvalue weighted by Crippen LogP contribution is 2.34. The van der Waals surface area contributed by atoms with E-state index in [-0.39, 0.29) is 11.9 Å². The van der Waals surface area contributed by atoms with Crippen molar-refractivity contribution in [2.45, 2.75) is 25.4 Å². The molecular weight excluding hydrogens is 368 g/mol. The summed E-state index contributed by atoms with van der Waals surface area (Å²) in [5, 5.41) is 0. The number of methoxy groups -OCH3 is 3. The minimum Gasteiger partial charge on any atom is -0.497 e. The molecule has 29 heavy (non-hydrogen) atoms. The van der Waals surface area contributed by atoms with E-state index in [2.05, 4.69) is 17.0 Å². The second-order valence-electron chi connectivity index (χ2n) is 7.31. The maximum Gasteiger partial charge on any atom is 0.236 e. The van der Waals surface area contributed by atoms with E-state index in [9.17, 15) is 4.79 Å². The van der Waals surface area contributed by atoms with E-state index in [1.165, 1.54) is 5.56 Å². The zero-order valence-corrected chi connectivity index (χ0v) is 17.7. The van der Waals surface area contributed by atoms with E-state index in [4.69, 9.17) is 14.2 Å². The molecule has 6 heteroatoms. The molecule has 1 aliphatic rings. The second-order valence-corrected chi connectivity index (χ2v) is 7.31. The quantitative estimate of drug-likeness (QED) is 0.681. The first-order chi connectivity index (χ1) is 14.1. The fourth-order valence-corrected chi connectivity index (χ4v) is 3.96. The SMILES string of the molecule is COc1cccc(C2CCCN2CC(=O)N(C)Cc2cccc(OC)c2OC)c1. The number of hydrogen-bond donors (Lipinski definition) is 0. The van der Waals surface area contributed by atoms with Gasteiger partial charge in [0.15, 0.2) is 11.5 Å². The van der Waals surface area contributed by atoms with Crippen molar-refractivity contribution in [1.29, 1.82) is 0 Å². The Morgan fingerprint density at radius 3 is 2.62 bits per heavy atom. The van der Waals surface area contributed by atoms with Crippen molar-refractivity contribution in [3.05, 3.63) is 53.6 Å². The summed E-state index contributed by atoms with van der Waals surface area (Å²) >= 11 is 0. The van der Waals surface area contributed by atoms with Gasteiger partial charge in [0.05, 0.1) is 27.9 Å². The molecule has 0 N–H and O–H groups in total. The van der Waals surface area contributed by atoms with Crippen molar-refractivity contribution in [3.8, 4) is 17.2 Å². The lowest BCUT2D eigenvalue weighted by atomic mass is 10.0. The first-order valence-corrected chi connectivity index (χ1v) is 9.89. The highest BCUT2D eigenvalue weighted by Gasteiger charge is 2.29. The lowest BCUT2D eigenvalue weighted by Gasteiger charge is -2.27. The van der Waals surface area contributed by atoms with Crippen LogP contribution in [-0.2, 0) is 11.3 Å². The zero-order valence-electron chi connectivity index (χ0n) is 17.7. The number of carbonyl (C=O) groups is 1. The largest absolute Gasteiger partial charge is 0.497 e. The van der Waals surface area contributed by atoms with Crippen molar-refractivity contribution in [2.75, 3.05) is 41.5 Å². The van der Waals surface area contributed by atoms with Gasteiger partial charge < -0.3 is 19.1 Å². The Balaban J connectivity index is 1.67. The first-order valence-electron chi connectivity index (χ1n) is 9.89. The molecule has 3 rings (SSSR count). The van der Waals surface area contributed by atoms with Crippen LogP contribution in [-0.4, -0.2) is 57.2 Å². The molecule has 2 aromatic carbocycles. The maximum absolute atomic E-state index is 12.9. The van der Waals surface area contributed by atoms with Crippen molar-refractivity contribution < 1.29 is 19.0 Å². The summed E-state index contributed by atoms with van der Waals surface area (Å²) in [4.78, 5) is 17.0. The second kappa shape index (κ2) is 9.65. The normalized spacial score (nSPS) is 16.5. The summed E-state index contributed by atoms with van der Waals surface area (Å²) in [6, 6.07) is 14.1. The molecule has 1 atom stereocenters. The molecule has 156 valence electrons. The third-order valence-electron chi connectivity index (χ3n) is 5.50. The van der Waals surface area contributed by atoms with E-state index in [0.717, 1.165) is 30.7 Å². The summed E-state index contributed by atoms with van der Waals surface area (Å²) in [6.07, 6.45) is 2.14. The molecule has 6 nitrogen and oxygen atoms in total. The van der Waals surface area contributed by atoms with Gasteiger partial charge in [-0.05, 0) is 43.1 Å². The standard InChI is InChI=1S/C23H30N2O4/c1-24(15-18-9-6-12-21(28-3)23(18)29-4)22(26)16-25-13-7-11-20(25)17-8-5-10-19(14-17)27-2/h5-6,8-10,12,14,20H,7,11,13,15-16H2,1-4H3. The Hall–Kier alpha value is -2.73. The Morgan fingerprint density at radius 2 is 1.90 bits per heavy atom. The van der Waals surface area contributed by atoms with Crippen LogP contribution in [0.5, 0.6) is 17.2 Å². The van der Waals surface area contributed by atoms with Crippen LogP contribution in [0.4, 0.5) is 0 Å². The lowest BCUT2D eigenvalue weighted by Crippen LogP contribution is -2.37. The third-order valence-corrected chi connectivity index (χ3v) is 5.50. The Morgan fingerprint density at radius 1 is 1.10 bits per heavy atom. The van der Waals surface area contributed by atoms with Crippen LogP contribution in [0, 0.1) is 0 Å². The number of amides is 1. The van der Waals surface area contributed by atoms with Crippen molar-refractivity contribution >= 4 is 5.91 Å². The number of para-hydroxylation sites is 1. The highest BCUT2D eigenvalue weighted by atomic mass is 16.5. The third kappa shape index (κ3) is 4.82. The molecule has 0 bridgehead atoms. The summed E-state index contributed by atoms with van der Waals surface area (Å²) < 4.78 is 16.2. The van der Waals surface area contributed by atoms with Gasteiger partial charge in [-0.3, -0.25) is 9.69 Å². The minimum absolute atomic E-state index is 0.0877. The summed E-state index contributed by atoms with van der Waals surface area (Å²) in [7, 11) is 6.74. The van der Waals surface area contributed by atoms with Crippen LogP contribution in [0.15, 0.2) is 42.5 Å². The number of likely N-dealkylation sites (N-methyl/N-ethyl adjacent to an activating group) is 1. The Kier molecular flexibility index (Phi) is 6.99. The molecule has 1 aliphatic heterocycles. The van der Waals surface area contributed by atoms with E-state index < -0.39 is 0 Å².